The van der Waals surface area contributed by atoms with E-state index in [-0.39, 0.29) is 12.4 Å². The summed E-state index contributed by atoms with van der Waals surface area (Å²) in [6, 6.07) is 8.38. The number of hydrogen-bond acceptors (Lipinski definition) is 3. The molecule has 1 aliphatic heterocycles. The van der Waals surface area contributed by atoms with Gasteiger partial charge in [-0.25, -0.2) is 0 Å². The van der Waals surface area contributed by atoms with Crippen LogP contribution in [0.25, 0.3) is 0 Å². The van der Waals surface area contributed by atoms with E-state index in [1.54, 1.807) is 0 Å². The highest BCUT2D eigenvalue weighted by molar-refractivity contribution is 5.79. The van der Waals surface area contributed by atoms with Gasteiger partial charge in [0.15, 0.2) is 0 Å². The fourth-order valence-corrected chi connectivity index (χ4v) is 2.74. The fourth-order valence-electron chi connectivity index (χ4n) is 2.74. The zero-order valence-corrected chi connectivity index (χ0v) is 12.7. The van der Waals surface area contributed by atoms with Crippen molar-refractivity contribution >= 4 is 22.7 Å². The van der Waals surface area contributed by atoms with E-state index in [1.165, 1.54) is 11.1 Å². The third-order valence-electron chi connectivity index (χ3n) is 4.08. The van der Waals surface area contributed by atoms with Gasteiger partial charge in [-0.3, -0.25) is 0 Å². The van der Waals surface area contributed by atoms with Crippen LogP contribution in [0.2, 0.25) is 0 Å². The summed E-state index contributed by atoms with van der Waals surface area (Å²) in [4.78, 5) is 0. The first-order chi connectivity index (χ1) is 8.97. The average molecular weight is 289 g/mol. The molecule has 3 nitrogen and oxygen atoms in total. The third-order valence-corrected chi connectivity index (χ3v) is 4.08. The normalized spacial score (nSPS) is 12.9. The molecular weight excluding hydrogens is 270 g/mol. The predicted molar refractivity (Wildman–Crippen MR) is 82.0 cm³/mol. The van der Waals surface area contributed by atoms with E-state index in [1.807, 2.05) is 26.0 Å². The molecule has 0 radical (unpaired) electrons. The van der Waals surface area contributed by atoms with Crippen molar-refractivity contribution in [2.24, 2.45) is 0 Å². The van der Waals surface area contributed by atoms with Gasteiger partial charge in [0.2, 0.25) is 0 Å². The molecule has 0 aromatic heterocycles. The largest absolute Gasteiger partial charge is 1.00 e. The molecule has 2 aromatic carbocycles. The van der Waals surface area contributed by atoms with E-state index in [9.17, 15) is 0 Å². The maximum Gasteiger partial charge on any atom is 0.0443 e. The lowest BCUT2D eigenvalue weighted by Crippen LogP contribution is -3.00. The highest BCUT2D eigenvalue weighted by Gasteiger charge is 2.23. The van der Waals surface area contributed by atoms with Crippen LogP contribution in [0.4, 0.5) is 22.7 Å². The minimum absolute atomic E-state index is 0. The van der Waals surface area contributed by atoms with Crippen molar-refractivity contribution in [1.82, 2.24) is 0 Å². The van der Waals surface area contributed by atoms with Crippen LogP contribution in [0.5, 0.6) is 0 Å². The van der Waals surface area contributed by atoms with Crippen molar-refractivity contribution < 1.29 is 12.4 Å². The number of anilines is 4. The summed E-state index contributed by atoms with van der Waals surface area (Å²) in [7, 11) is 0. The van der Waals surface area contributed by atoms with Crippen molar-refractivity contribution in [3.8, 4) is 0 Å². The Bertz CT molecular complexity index is 622. The van der Waals surface area contributed by atoms with Crippen molar-refractivity contribution in [1.29, 1.82) is 0 Å². The second-order valence-electron chi connectivity index (χ2n) is 5.44. The molecule has 5 N–H and O–H groups in total. The molecule has 1 heterocycles. The summed E-state index contributed by atoms with van der Waals surface area (Å²) in [6.07, 6.45) is 0. The maximum absolute atomic E-state index is 6.00. The Balaban J connectivity index is 0.00000147. The fraction of sp³-hybridized carbons (Fsp3) is 0.250. The van der Waals surface area contributed by atoms with Crippen LogP contribution in [0.3, 0.4) is 0 Å². The van der Waals surface area contributed by atoms with Crippen molar-refractivity contribution in [2.45, 2.75) is 26.7 Å². The van der Waals surface area contributed by atoms with Gasteiger partial charge in [0.25, 0.3) is 0 Å². The smallest absolute Gasteiger partial charge is 0.0443 e. The Morgan fingerprint density at radius 3 is 1.65 bits per heavy atom. The van der Waals surface area contributed by atoms with Crippen LogP contribution in [0.15, 0.2) is 24.3 Å². The topological polar surface area (TPSA) is 64.1 Å². The monoisotopic (exact) mass is 288 g/mol. The Labute approximate surface area is 125 Å². The molecular formula is C16H19ClN3-. The van der Waals surface area contributed by atoms with Crippen LogP contribution in [-0.4, -0.2) is 0 Å². The van der Waals surface area contributed by atoms with Crippen LogP contribution in [0, 0.1) is 13.8 Å². The molecule has 0 bridgehead atoms. The third kappa shape index (κ3) is 2.08. The summed E-state index contributed by atoms with van der Waals surface area (Å²) >= 11 is 0. The molecule has 0 spiro atoms. The van der Waals surface area contributed by atoms with E-state index >= 15 is 0 Å². The number of aryl methyl sites for hydroxylation is 2. The van der Waals surface area contributed by atoms with Crippen LogP contribution in [0.1, 0.15) is 35.1 Å². The number of fused-ring (bicyclic) bond motifs is 2. The predicted octanol–water partition coefficient (Wildman–Crippen LogP) is 0.681. The molecule has 0 amide bonds. The van der Waals surface area contributed by atoms with Gasteiger partial charge in [0.05, 0.1) is 0 Å². The number of hydrogen-bond donors (Lipinski definition) is 3. The van der Waals surface area contributed by atoms with Gasteiger partial charge in [-0.05, 0) is 48.2 Å². The number of benzene rings is 2. The highest BCUT2D eigenvalue weighted by atomic mass is 35.5. The zero-order valence-electron chi connectivity index (χ0n) is 11.9. The standard InChI is InChI=1S/C16H19N3.ClH/c1-8-4-11-10(3)12-5-9(2)14(18)7-16(12)19-15(11)6-13(8)17;/h4-7,10,19H,17-18H2,1-3H3;1H/p-1. The lowest BCUT2D eigenvalue weighted by molar-refractivity contribution is -0.00000400. The summed E-state index contributed by atoms with van der Waals surface area (Å²) in [5.74, 6) is 0.352. The number of halogens is 1. The molecule has 0 saturated heterocycles. The minimum Gasteiger partial charge on any atom is -1.00 e. The van der Waals surface area contributed by atoms with Gasteiger partial charge < -0.3 is 29.2 Å². The molecule has 4 heteroatoms. The molecule has 1 aliphatic rings. The Morgan fingerprint density at radius 1 is 0.850 bits per heavy atom. The molecule has 0 saturated carbocycles. The Morgan fingerprint density at radius 2 is 1.25 bits per heavy atom. The molecule has 106 valence electrons. The van der Waals surface area contributed by atoms with Crippen molar-refractivity contribution in [2.75, 3.05) is 16.8 Å². The second kappa shape index (κ2) is 4.91. The lowest BCUT2D eigenvalue weighted by atomic mass is 9.85. The van der Waals surface area contributed by atoms with Gasteiger partial charge in [-0.15, -0.1) is 0 Å². The van der Waals surface area contributed by atoms with Crippen LogP contribution >= 0.6 is 0 Å². The molecule has 3 rings (SSSR count). The van der Waals surface area contributed by atoms with E-state index in [2.05, 4.69) is 24.4 Å². The van der Waals surface area contributed by atoms with Crippen molar-refractivity contribution in [3.05, 3.63) is 46.5 Å². The summed E-state index contributed by atoms with van der Waals surface area (Å²) in [5, 5.41) is 3.45. The number of nitrogen functional groups attached to an aromatic ring is 2. The average Bonchev–Trinajstić information content (AvgIpc) is 2.35. The minimum atomic E-state index is 0. The molecule has 0 fully saturated rings. The van der Waals surface area contributed by atoms with E-state index in [0.717, 1.165) is 33.9 Å². The number of rotatable bonds is 0. The van der Waals surface area contributed by atoms with E-state index in [0.29, 0.717) is 5.92 Å². The quantitative estimate of drug-likeness (QED) is 0.625. The summed E-state index contributed by atoms with van der Waals surface area (Å²) in [5.41, 5.74) is 20.7. The molecule has 20 heavy (non-hydrogen) atoms. The first kappa shape index (κ1) is 14.5. The van der Waals surface area contributed by atoms with Gasteiger partial charge in [0.1, 0.15) is 0 Å². The number of nitrogens with two attached hydrogens (primary N) is 2. The molecule has 2 aromatic rings. The van der Waals surface area contributed by atoms with Gasteiger partial charge in [-0.2, -0.15) is 0 Å². The van der Waals surface area contributed by atoms with E-state index in [4.69, 9.17) is 11.5 Å². The first-order valence-corrected chi connectivity index (χ1v) is 6.54. The Hall–Kier alpha value is -1.87. The van der Waals surface area contributed by atoms with Crippen molar-refractivity contribution in [3.63, 3.8) is 0 Å². The molecule has 0 aliphatic carbocycles. The van der Waals surface area contributed by atoms with E-state index < -0.39 is 0 Å². The van der Waals surface area contributed by atoms with Gasteiger partial charge >= 0.3 is 0 Å². The maximum atomic E-state index is 6.00. The van der Waals surface area contributed by atoms with Crippen LogP contribution < -0.4 is 29.2 Å². The number of nitrogens with one attached hydrogen (secondary N) is 1. The highest BCUT2D eigenvalue weighted by Crippen LogP contribution is 2.43. The zero-order chi connectivity index (χ0) is 13.7. The first-order valence-electron chi connectivity index (χ1n) is 6.54. The molecule has 0 atom stereocenters. The lowest BCUT2D eigenvalue weighted by Gasteiger charge is -2.28. The SMILES string of the molecule is Cc1cc2c(cc1N)Nc1cc(N)c(C)cc1C2C.[Cl-]. The molecule has 0 unspecified atom stereocenters. The Kier molecular flexibility index (Phi) is 3.57. The van der Waals surface area contributed by atoms with Gasteiger partial charge in [-0.1, -0.05) is 19.1 Å². The van der Waals surface area contributed by atoms with Gasteiger partial charge in [0, 0.05) is 28.7 Å². The second-order valence-corrected chi connectivity index (χ2v) is 5.44. The summed E-state index contributed by atoms with van der Waals surface area (Å²) < 4.78 is 0. The van der Waals surface area contributed by atoms with Crippen LogP contribution in [-0.2, 0) is 0 Å². The summed E-state index contributed by atoms with van der Waals surface area (Å²) in [6.45, 7) is 6.32.